The van der Waals surface area contributed by atoms with Crippen molar-refractivity contribution in [2.24, 2.45) is 0 Å². The van der Waals surface area contributed by atoms with Gasteiger partial charge in [-0.3, -0.25) is 4.79 Å². The Labute approximate surface area is 183 Å². The first-order valence-corrected chi connectivity index (χ1v) is 11.7. The van der Waals surface area contributed by atoms with E-state index in [-0.39, 0.29) is 23.9 Å². The highest BCUT2D eigenvalue weighted by molar-refractivity contribution is 7.89. The topological polar surface area (TPSA) is 66.9 Å². The highest BCUT2D eigenvalue weighted by Crippen LogP contribution is 2.27. The Kier molecular flexibility index (Phi) is 6.75. The van der Waals surface area contributed by atoms with Gasteiger partial charge in [0.15, 0.2) is 6.10 Å². The smallest absolute Gasteiger partial charge is 0.263 e. The van der Waals surface area contributed by atoms with Crippen LogP contribution in [0.4, 0.5) is 0 Å². The minimum Gasteiger partial charge on any atom is -0.481 e. The summed E-state index contributed by atoms with van der Waals surface area (Å²) in [7, 11) is -3.56. The molecule has 8 heteroatoms. The number of aryl methyl sites for hydroxylation is 3. The minimum atomic E-state index is -3.56. The summed E-state index contributed by atoms with van der Waals surface area (Å²) in [5, 5.41) is 0.687. The van der Waals surface area contributed by atoms with E-state index in [0.717, 1.165) is 16.7 Å². The number of halogens is 1. The first-order valence-electron chi connectivity index (χ1n) is 9.88. The zero-order chi connectivity index (χ0) is 22.1. The molecule has 1 saturated heterocycles. The summed E-state index contributed by atoms with van der Waals surface area (Å²) in [6.07, 6.45) is -0.676. The number of nitrogens with zero attached hydrogens (tertiary/aromatic N) is 2. The van der Waals surface area contributed by atoms with Gasteiger partial charge in [-0.1, -0.05) is 29.3 Å². The predicted molar refractivity (Wildman–Crippen MR) is 118 cm³/mol. The third-order valence-electron chi connectivity index (χ3n) is 5.28. The first kappa shape index (κ1) is 22.6. The molecular formula is C22H27ClN2O4S. The molecule has 1 aliphatic rings. The Balaban J connectivity index is 1.61. The van der Waals surface area contributed by atoms with E-state index in [0.29, 0.717) is 23.9 Å². The standard InChI is InChI=1S/C22H27ClN2O4S/c1-15-5-7-20(8-6-15)30(27,28)25-11-9-24(10-12-25)22(26)18(4)29-19-13-16(2)21(23)17(3)14-19/h5-8,13-14,18H,9-12H2,1-4H3. The van der Waals surface area contributed by atoms with Crippen molar-refractivity contribution in [3.8, 4) is 5.75 Å². The Morgan fingerprint density at radius 1 is 1.00 bits per heavy atom. The largest absolute Gasteiger partial charge is 0.481 e. The van der Waals surface area contributed by atoms with Crippen molar-refractivity contribution < 1.29 is 17.9 Å². The molecule has 2 aromatic carbocycles. The van der Waals surface area contributed by atoms with Crippen LogP contribution in [0.15, 0.2) is 41.3 Å². The third-order valence-corrected chi connectivity index (χ3v) is 7.79. The van der Waals surface area contributed by atoms with Gasteiger partial charge in [0.25, 0.3) is 5.91 Å². The first-order chi connectivity index (χ1) is 14.1. The van der Waals surface area contributed by atoms with Gasteiger partial charge in [0.2, 0.25) is 10.0 Å². The normalized spacial score (nSPS) is 16.4. The van der Waals surface area contributed by atoms with E-state index in [1.54, 1.807) is 36.1 Å². The number of piperazine rings is 1. The fourth-order valence-corrected chi connectivity index (χ4v) is 5.03. The second-order valence-corrected chi connectivity index (χ2v) is 9.99. The molecule has 6 nitrogen and oxygen atoms in total. The van der Waals surface area contributed by atoms with Crippen molar-refractivity contribution in [1.82, 2.24) is 9.21 Å². The van der Waals surface area contributed by atoms with Crippen LogP contribution in [0.3, 0.4) is 0 Å². The number of carbonyl (C=O) groups excluding carboxylic acids is 1. The number of hydrogen-bond donors (Lipinski definition) is 0. The van der Waals surface area contributed by atoms with E-state index in [1.807, 2.05) is 32.9 Å². The number of ether oxygens (including phenoxy) is 1. The van der Waals surface area contributed by atoms with Crippen molar-refractivity contribution in [3.05, 3.63) is 58.1 Å². The second-order valence-electron chi connectivity index (χ2n) is 7.67. The minimum absolute atomic E-state index is 0.160. The lowest BCUT2D eigenvalue weighted by Gasteiger charge is -2.35. The predicted octanol–water partition coefficient (Wildman–Crippen LogP) is 3.57. The summed E-state index contributed by atoms with van der Waals surface area (Å²) < 4.78 is 32.9. The van der Waals surface area contributed by atoms with Crippen molar-refractivity contribution in [3.63, 3.8) is 0 Å². The zero-order valence-electron chi connectivity index (χ0n) is 17.7. The van der Waals surface area contributed by atoms with E-state index in [2.05, 4.69) is 0 Å². The molecule has 0 spiro atoms. The molecule has 0 N–H and O–H groups in total. The number of hydrogen-bond acceptors (Lipinski definition) is 4. The fraction of sp³-hybridized carbons (Fsp3) is 0.409. The number of carbonyl (C=O) groups is 1. The van der Waals surface area contributed by atoms with E-state index in [9.17, 15) is 13.2 Å². The van der Waals surface area contributed by atoms with Crippen LogP contribution in [0.5, 0.6) is 5.75 Å². The molecular weight excluding hydrogens is 424 g/mol. The number of rotatable bonds is 5. The van der Waals surface area contributed by atoms with Crippen molar-refractivity contribution in [2.45, 2.75) is 38.7 Å². The molecule has 2 aromatic rings. The molecule has 3 rings (SSSR count). The van der Waals surface area contributed by atoms with Gasteiger partial charge in [-0.05, 0) is 63.1 Å². The van der Waals surface area contributed by atoms with Crippen LogP contribution in [-0.4, -0.2) is 55.8 Å². The summed E-state index contributed by atoms with van der Waals surface area (Å²) >= 11 is 6.19. The van der Waals surface area contributed by atoms with Crippen molar-refractivity contribution >= 4 is 27.5 Å². The molecule has 162 valence electrons. The summed E-state index contributed by atoms with van der Waals surface area (Å²) in [6, 6.07) is 10.4. The Morgan fingerprint density at radius 3 is 2.07 bits per heavy atom. The summed E-state index contributed by atoms with van der Waals surface area (Å²) in [5.41, 5.74) is 2.78. The Morgan fingerprint density at radius 2 is 1.53 bits per heavy atom. The van der Waals surface area contributed by atoms with Gasteiger partial charge in [-0.25, -0.2) is 8.42 Å². The van der Waals surface area contributed by atoms with Crippen LogP contribution < -0.4 is 4.74 Å². The molecule has 0 aromatic heterocycles. The maximum absolute atomic E-state index is 12.8. The summed E-state index contributed by atoms with van der Waals surface area (Å²) in [4.78, 5) is 14.7. The van der Waals surface area contributed by atoms with Gasteiger partial charge < -0.3 is 9.64 Å². The highest BCUT2D eigenvalue weighted by atomic mass is 35.5. The van der Waals surface area contributed by atoms with Crippen LogP contribution in [-0.2, 0) is 14.8 Å². The van der Waals surface area contributed by atoms with E-state index < -0.39 is 16.1 Å². The summed E-state index contributed by atoms with van der Waals surface area (Å²) in [5.74, 6) is 0.434. The number of benzene rings is 2. The molecule has 1 atom stereocenters. The van der Waals surface area contributed by atoms with Gasteiger partial charge in [0, 0.05) is 31.2 Å². The summed E-state index contributed by atoms with van der Waals surface area (Å²) in [6.45, 7) is 8.58. The maximum atomic E-state index is 12.8. The van der Waals surface area contributed by atoms with Crippen molar-refractivity contribution in [1.29, 1.82) is 0 Å². The van der Waals surface area contributed by atoms with Gasteiger partial charge in [0.05, 0.1) is 4.90 Å². The van der Waals surface area contributed by atoms with E-state index >= 15 is 0 Å². The molecule has 0 radical (unpaired) electrons. The maximum Gasteiger partial charge on any atom is 0.263 e. The monoisotopic (exact) mass is 450 g/mol. The molecule has 1 aliphatic heterocycles. The molecule has 0 aliphatic carbocycles. The molecule has 1 amide bonds. The SMILES string of the molecule is Cc1ccc(S(=O)(=O)N2CCN(C(=O)C(C)Oc3cc(C)c(Cl)c(C)c3)CC2)cc1. The average Bonchev–Trinajstić information content (AvgIpc) is 2.71. The van der Waals surface area contributed by atoms with Gasteiger partial charge in [-0.15, -0.1) is 0 Å². The van der Waals surface area contributed by atoms with Gasteiger partial charge in [-0.2, -0.15) is 4.31 Å². The van der Waals surface area contributed by atoms with E-state index in [1.165, 1.54) is 4.31 Å². The molecule has 30 heavy (non-hydrogen) atoms. The van der Waals surface area contributed by atoms with Crippen LogP contribution in [0.2, 0.25) is 5.02 Å². The van der Waals surface area contributed by atoms with E-state index in [4.69, 9.17) is 16.3 Å². The molecule has 1 heterocycles. The molecule has 1 unspecified atom stereocenters. The van der Waals surface area contributed by atoms with Crippen LogP contribution in [0.1, 0.15) is 23.6 Å². The highest BCUT2D eigenvalue weighted by Gasteiger charge is 2.32. The average molecular weight is 451 g/mol. The number of sulfonamides is 1. The lowest BCUT2D eigenvalue weighted by molar-refractivity contribution is -0.139. The van der Waals surface area contributed by atoms with Gasteiger partial charge >= 0.3 is 0 Å². The Hall–Kier alpha value is -2.09. The van der Waals surface area contributed by atoms with Crippen LogP contribution >= 0.6 is 11.6 Å². The lowest BCUT2D eigenvalue weighted by atomic mass is 10.1. The second kappa shape index (κ2) is 8.96. The van der Waals surface area contributed by atoms with Crippen LogP contribution in [0, 0.1) is 20.8 Å². The molecule has 0 bridgehead atoms. The number of amides is 1. The molecule has 1 fully saturated rings. The quantitative estimate of drug-likeness (QED) is 0.698. The Bertz CT molecular complexity index is 1010. The molecule has 0 saturated carbocycles. The van der Waals surface area contributed by atoms with Crippen LogP contribution in [0.25, 0.3) is 0 Å². The fourth-order valence-electron chi connectivity index (χ4n) is 3.49. The third kappa shape index (κ3) is 4.79. The zero-order valence-corrected chi connectivity index (χ0v) is 19.3. The lowest BCUT2D eigenvalue weighted by Crippen LogP contribution is -2.53. The van der Waals surface area contributed by atoms with Gasteiger partial charge in [0.1, 0.15) is 5.75 Å². The van der Waals surface area contributed by atoms with Crippen molar-refractivity contribution in [2.75, 3.05) is 26.2 Å².